The molecule has 4 aliphatic carbocycles. The number of aliphatic hydroxyl groups is 1. The molecule has 4 aliphatic rings. The third-order valence-electron chi connectivity index (χ3n) is 8.21. The van der Waals surface area contributed by atoms with Gasteiger partial charge in [0, 0.05) is 0 Å². The molecular formula is C21H32O. The van der Waals surface area contributed by atoms with Crippen LogP contribution in [-0.4, -0.2) is 11.2 Å². The van der Waals surface area contributed by atoms with E-state index in [0.717, 1.165) is 48.3 Å². The Hall–Kier alpha value is -0.560. The first-order valence-corrected chi connectivity index (χ1v) is 9.55. The van der Waals surface area contributed by atoms with Crippen LogP contribution in [0.5, 0.6) is 0 Å². The number of hydrogen-bond acceptors (Lipinski definition) is 1. The highest BCUT2D eigenvalue weighted by Crippen LogP contribution is 2.64. The third-order valence-corrected chi connectivity index (χ3v) is 8.21. The van der Waals surface area contributed by atoms with Crippen LogP contribution in [0.25, 0.3) is 0 Å². The molecule has 0 amide bonds. The molecule has 0 bridgehead atoms. The highest BCUT2D eigenvalue weighted by Gasteiger charge is 2.56. The van der Waals surface area contributed by atoms with Gasteiger partial charge in [-0.15, -0.1) is 0 Å². The Labute approximate surface area is 135 Å². The zero-order valence-electron chi connectivity index (χ0n) is 14.3. The maximum absolute atomic E-state index is 10.1. The van der Waals surface area contributed by atoms with Gasteiger partial charge in [0.1, 0.15) is 0 Å². The van der Waals surface area contributed by atoms with Gasteiger partial charge in [0.15, 0.2) is 0 Å². The van der Waals surface area contributed by atoms with Gasteiger partial charge in [-0.3, -0.25) is 0 Å². The molecule has 8 atom stereocenters. The van der Waals surface area contributed by atoms with E-state index in [9.17, 15) is 5.11 Å². The number of fused-ring (bicyclic) bond motifs is 5. The summed E-state index contributed by atoms with van der Waals surface area (Å²) in [6.07, 6.45) is 13.4. The van der Waals surface area contributed by atoms with Crippen molar-refractivity contribution >= 4 is 0 Å². The number of aliphatic hydroxyl groups excluding tert-OH is 1. The monoisotopic (exact) mass is 300 g/mol. The van der Waals surface area contributed by atoms with Crippen LogP contribution in [0.15, 0.2) is 24.3 Å². The molecule has 0 aromatic heterocycles. The van der Waals surface area contributed by atoms with Crippen molar-refractivity contribution in [3.63, 3.8) is 0 Å². The van der Waals surface area contributed by atoms with E-state index in [1.165, 1.54) is 32.1 Å². The molecule has 4 rings (SSSR count). The zero-order valence-corrected chi connectivity index (χ0v) is 14.3. The van der Waals surface area contributed by atoms with Crippen molar-refractivity contribution in [1.29, 1.82) is 0 Å². The molecule has 0 radical (unpaired) electrons. The fourth-order valence-corrected chi connectivity index (χ4v) is 7.13. The Morgan fingerprint density at radius 1 is 1.23 bits per heavy atom. The van der Waals surface area contributed by atoms with E-state index in [1.54, 1.807) is 5.57 Å². The molecule has 0 heterocycles. The maximum atomic E-state index is 10.1. The van der Waals surface area contributed by atoms with Gasteiger partial charge < -0.3 is 5.11 Å². The highest BCUT2D eigenvalue weighted by atomic mass is 16.3. The summed E-state index contributed by atoms with van der Waals surface area (Å²) in [4.78, 5) is 0. The second-order valence-corrected chi connectivity index (χ2v) is 9.03. The quantitative estimate of drug-likeness (QED) is 0.725. The molecule has 6 unspecified atom stereocenters. The predicted octanol–water partition coefficient (Wildman–Crippen LogP) is 4.97. The van der Waals surface area contributed by atoms with E-state index in [2.05, 4.69) is 32.6 Å². The second-order valence-electron chi connectivity index (χ2n) is 9.03. The van der Waals surface area contributed by atoms with Gasteiger partial charge in [-0.1, -0.05) is 32.6 Å². The van der Waals surface area contributed by atoms with Crippen LogP contribution in [0.1, 0.15) is 58.8 Å². The topological polar surface area (TPSA) is 20.2 Å². The second kappa shape index (κ2) is 5.23. The van der Waals surface area contributed by atoms with Crippen molar-refractivity contribution in [2.24, 2.45) is 40.9 Å². The van der Waals surface area contributed by atoms with Crippen molar-refractivity contribution in [1.82, 2.24) is 0 Å². The zero-order chi connectivity index (χ0) is 15.5. The van der Waals surface area contributed by atoms with E-state index in [0.29, 0.717) is 5.41 Å². The van der Waals surface area contributed by atoms with Gasteiger partial charge in [0.2, 0.25) is 0 Å². The third kappa shape index (κ3) is 2.00. The standard InChI is InChI=1S/C21H32O/c1-4-14-5-7-18-17-8-6-15-12-16(22)9-10-21(15,3)19(17)11-13(2)20(14)18/h4-5,13,15-20,22H,1,6-12H2,2-3H3/t13-,15?,16?,17?,18?,19?,20?,21+/m1/s1. The summed E-state index contributed by atoms with van der Waals surface area (Å²) >= 11 is 0. The Kier molecular flexibility index (Phi) is 3.56. The largest absolute Gasteiger partial charge is 0.393 e. The SMILES string of the molecule is C=CC1=CCC2C3CCC4CC(O)CC[C@]4(C)C3C[C@@H](C)C12. The molecule has 22 heavy (non-hydrogen) atoms. The van der Waals surface area contributed by atoms with E-state index in [1.807, 2.05) is 0 Å². The Balaban J connectivity index is 1.63. The fourth-order valence-electron chi connectivity index (χ4n) is 7.13. The van der Waals surface area contributed by atoms with Crippen LogP contribution < -0.4 is 0 Å². The van der Waals surface area contributed by atoms with Gasteiger partial charge in [-0.2, -0.15) is 0 Å². The smallest absolute Gasteiger partial charge is 0.0543 e. The summed E-state index contributed by atoms with van der Waals surface area (Å²) in [6, 6.07) is 0. The summed E-state index contributed by atoms with van der Waals surface area (Å²) in [5, 5.41) is 10.1. The van der Waals surface area contributed by atoms with Gasteiger partial charge in [0.05, 0.1) is 6.10 Å². The minimum atomic E-state index is -0.0242. The first kappa shape index (κ1) is 15.0. The van der Waals surface area contributed by atoms with Crippen molar-refractivity contribution < 1.29 is 5.11 Å². The lowest BCUT2D eigenvalue weighted by Gasteiger charge is -2.60. The molecule has 0 spiro atoms. The molecule has 1 heteroatoms. The molecule has 3 saturated carbocycles. The predicted molar refractivity (Wildman–Crippen MR) is 91.3 cm³/mol. The lowest BCUT2D eigenvalue weighted by atomic mass is 9.45. The Morgan fingerprint density at radius 2 is 2.05 bits per heavy atom. The average Bonchev–Trinajstić information content (AvgIpc) is 2.94. The van der Waals surface area contributed by atoms with Crippen LogP contribution in [0, 0.1) is 40.9 Å². The lowest BCUT2D eigenvalue weighted by Crippen LogP contribution is -2.53. The van der Waals surface area contributed by atoms with Crippen LogP contribution in [-0.2, 0) is 0 Å². The van der Waals surface area contributed by atoms with E-state index < -0.39 is 0 Å². The number of rotatable bonds is 1. The van der Waals surface area contributed by atoms with Gasteiger partial charge >= 0.3 is 0 Å². The highest BCUT2D eigenvalue weighted by molar-refractivity contribution is 5.28. The summed E-state index contributed by atoms with van der Waals surface area (Å²) in [7, 11) is 0. The number of hydrogen-bond donors (Lipinski definition) is 1. The van der Waals surface area contributed by atoms with Gasteiger partial charge in [-0.25, -0.2) is 0 Å². The van der Waals surface area contributed by atoms with Crippen LogP contribution >= 0.6 is 0 Å². The Morgan fingerprint density at radius 3 is 2.82 bits per heavy atom. The van der Waals surface area contributed by atoms with E-state index >= 15 is 0 Å². The minimum absolute atomic E-state index is 0.0242. The van der Waals surface area contributed by atoms with E-state index in [4.69, 9.17) is 0 Å². The molecular weight excluding hydrogens is 268 g/mol. The molecule has 122 valence electrons. The van der Waals surface area contributed by atoms with Crippen LogP contribution in [0.2, 0.25) is 0 Å². The van der Waals surface area contributed by atoms with E-state index in [-0.39, 0.29) is 6.10 Å². The normalized spacial score (nSPS) is 54.0. The molecule has 0 aromatic rings. The summed E-state index contributed by atoms with van der Waals surface area (Å²) < 4.78 is 0. The van der Waals surface area contributed by atoms with Crippen molar-refractivity contribution in [3.05, 3.63) is 24.3 Å². The van der Waals surface area contributed by atoms with Crippen molar-refractivity contribution in [2.45, 2.75) is 64.9 Å². The average molecular weight is 300 g/mol. The molecule has 0 aromatic carbocycles. The molecule has 0 aliphatic heterocycles. The Bertz CT molecular complexity index is 492. The first-order chi connectivity index (χ1) is 10.5. The first-order valence-electron chi connectivity index (χ1n) is 9.55. The molecule has 3 fully saturated rings. The number of allylic oxidation sites excluding steroid dienone is 3. The molecule has 1 nitrogen and oxygen atoms in total. The molecule has 1 N–H and O–H groups in total. The van der Waals surface area contributed by atoms with Crippen LogP contribution in [0.4, 0.5) is 0 Å². The summed E-state index contributed by atoms with van der Waals surface area (Å²) in [6.45, 7) is 9.12. The van der Waals surface area contributed by atoms with Crippen LogP contribution in [0.3, 0.4) is 0 Å². The molecule has 0 saturated heterocycles. The van der Waals surface area contributed by atoms with Gasteiger partial charge in [-0.05, 0) is 91.4 Å². The summed E-state index contributed by atoms with van der Waals surface area (Å²) in [5.74, 6) is 5.06. The summed E-state index contributed by atoms with van der Waals surface area (Å²) in [5.41, 5.74) is 2.04. The fraction of sp³-hybridized carbons (Fsp3) is 0.810. The van der Waals surface area contributed by atoms with Gasteiger partial charge in [0.25, 0.3) is 0 Å². The van der Waals surface area contributed by atoms with Crippen molar-refractivity contribution in [3.8, 4) is 0 Å². The van der Waals surface area contributed by atoms with Crippen molar-refractivity contribution in [2.75, 3.05) is 0 Å². The minimum Gasteiger partial charge on any atom is -0.393 e. The maximum Gasteiger partial charge on any atom is 0.0543 e. The lowest BCUT2D eigenvalue weighted by molar-refractivity contribution is -0.115.